The predicted molar refractivity (Wildman–Crippen MR) is 74.7 cm³/mol. The Kier molecular flexibility index (Phi) is 3.39. The van der Waals surface area contributed by atoms with E-state index in [0.29, 0.717) is 18.2 Å². The molecule has 0 radical (unpaired) electrons. The van der Waals surface area contributed by atoms with Crippen LogP contribution in [0.25, 0.3) is 16.9 Å². The van der Waals surface area contributed by atoms with Crippen molar-refractivity contribution in [2.45, 2.75) is 6.18 Å². The fourth-order valence-corrected chi connectivity index (χ4v) is 2.33. The molecule has 0 aliphatic heterocycles. The number of benzene rings is 1. The number of amides is 1. The number of carbonyl (C=O) groups is 1. The molecule has 3 aromatic rings. The summed E-state index contributed by atoms with van der Waals surface area (Å²) in [5.41, 5.74) is 1.80. The first-order valence-corrected chi connectivity index (χ1v) is 6.46. The first-order chi connectivity index (χ1) is 11.2. The van der Waals surface area contributed by atoms with Gasteiger partial charge in [0.15, 0.2) is 11.1 Å². The number of rotatable bonds is 2. The molecule has 0 bridgehead atoms. The predicted octanol–water partition coefficient (Wildman–Crippen LogP) is 1.95. The van der Waals surface area contributed by atoms with E-state index in [9.17, 15) is 27.2 Å². The smallest absolute Gasteiger partial charge is 0.365 e. The largest absolute Gasteiger partial charge is 0.416 e. The molecular weight excluding hydrogens is 332 g/mol. The van der Waals surface area contributed by atoms with Crippen molar-refractivity contribution in [3.63, 3.8) is 0 Å². The Morgan fingerprint density at radius 2 is 1.96 bits per heavy atom. The number of nitrogens with zero attached hydrogens (tertiary/aromatic N) is 2. The van der Waals surface area contributed by atoms with Gasteiger partial charge in [-0.3, -0.25) is 14.7 Å². The summed E-state index contributed by atoms with van der Waals surface area (Å²) in [5.74, 6) is -2.03. The summed E-state index contributed by atoms with van der Waals surface area (Å²) in [6.45, 7) is 0. The highest BCUT2D eigenvalue weighted by molar-refractivity contribution is 5.99. The van der Waals surface area contributed by atoms with Gasteiger partial charge in [-0.15, -0.1) is 0 Å². The SMILES string of the molecule is NC(=O)c1c(=O)cc(-c2cc(C(F)(F)F)ccc2F)n2[nH]cnc12. The summed E-state index contributed by atoms with van der Waals surface area (Å²) in [6, 6.07) is 2.63. The molecule has 0 unspecified atom stereocenters. The topological polar surface area (TPSA) is 93.3 Å². The Bertz CT molecular complexity index is 1020. The minimum atomic E-state index is -4.69. The molecule has 124 valence electrons. The zero-order chi connectivity index (χ0) is 17.6. The number of carbonyl (C=O) groups excluding carboxylic acids is 1. The van der Waals surface area contributed by atoms with Crippen LogP contribution < -0.4 is 11.2 Å². The van der Waals surface area contributed by atoms with Crippen molar-refractivity contribution in [2.24, 2.45) is 5.73 Å². The van der Waals surface area contributed by atoms with E-state index in [1.807, 2.05) is 0 Å². The van der Waals surface area contributed by atoms with E-state index in [1.165, 1.54) is 0 Å². The monoisotopic (exact) mass is 340 g/mol. The normalized spacial score (nSPS) is 11.8. The Balaban J connectivity index is 2.36. The summed E-state index contributed by atoms with van der Waals surface area (Å²) in [7, 11) is 0. The van der Waals surface area contributed by atoms with Crippen LogP contribution in [0.5, 0.6) is 0 Å². The molecule has 24 heavy (non-hydrogen) atoms. The highest BCUT2D eigenvalue weighted by atomic mass is 19.4. The molecule has 0 aliphatic rings. The van der Waals surface area contributed by atoms with Crippen LogP contribution in [0.1, 0.15) is 15.9 Å². The van der Waals surface area contributed by atoms with Gasteiger partial charge in [0.25, 0.3) is 5.91 Å². The van der Waals surface area contributed by atoms with Gasteiger partial charge in [-0.2, -0.15) is 13.2 Å². The van der Waals surface area contributed by atoms with Gasteiger partial charge in [0.2, 0.25) is 0 Å². The summed E-state index contributed by atoms with van der Waals surface area (Å²) >= 11 is 0. The van der Waals surface area contributed by atoms with Crippen LogP contribution >= 0.6 is 0 Å². The van der Waals surface area contributed by atoms with Crippen molar-refractivity contribution < 1.29 is 22.4 Å². The summed E-state index contributed by atoms with van der Waals surface area (Å²) < 4.78 is 53.6. The molecule has 0 saturated carbocycles. The Hall–Kier alpha value is -3.17. The molecule has 1 aromatic carbocycles. The third-order valence-electron chi connectivity index (χ3n) is 3.38. The Labute approximate surface area is 130 Å². The number of alkyl halides is 3. The number of aromatic amines is 1. The van der Waals surface area contributed by atoms with Crippen molar-refractivity contribution in [1.29, 1.82) is 0 Å². The van der Waals surface area contributed by atoms with Crippen LogP contribution in [0.4, 0.5) is 17.6 Å². The number of primary amides is 1. The zero-order valence-corrected chi connectivity index (χ0v) is 11.7. The molecule has 0 aliphatic carbocycles. The molecule has 6 nitrogen and oxygen atoms in total. The molecule has 3 rings (SSSR count). The van der Waals surface area contributed by atoms with Crippen molar-refractivity contribution in [1.82, 2.24) is 14.6 Å². The van der Waals surface area contributed by atoms with Crippen LogP contribution in [-0.4, -0.2) is 20.5 Å². The average Bonchev–Trinajstić information content (AvgIpc) is 2.94. The molecule has 2 aromatic heterocycles. The lowest BCUT2D eigenvalue weighted by atomic mass is 10.1. The number of halogens is 4. The number of pyridine rings is 1. The molecule has 0 fully saturated rings. The van der Waals surface area contributed by atoms with Crippen molar-refractivity contribution in [3.05, 3.63) is 57.8 Å². The minimum absolute atomic E-state index is 0.207. The molecule has 1 amide bonds. The van der Waals surface area contributed by atoms with E-state index in [4.69, 9.17) is 5.73 Å². The van der Waals surface area contributed by atoms with Gasteiger partial charge in [-0.1, -0.05) is 0 Å². The maximum absolute atomic E-state index is 14.1. The molecule has 2 heterocycles. The second-order valence-corrected chi connectivity index (χ2v) is 4.87. The second kappa shape index (κ2) is 5.18. The Morgan fingerprint density at radius 3 is 2.58 bits per heavy atom. The number of hydrogen-bond donors (Lipinski definition) is 2. The number of hydrogen-bond acceptors (Lipinski definition) is 3. The van der Waals surface area contributed by atoms with Crippen LogP contribution in [0.3, 0.4) is 0 Å². The van der Waals surface area contributed by atoms with E-state index in [-0.39, 0.29) is 11.3 Å². The van der Waals surface area contributed by atoms with Crippen LogP contribution in [0.15, 0.2) is 35.4 Å². The lowest BCUT2D eigenvalue weighted by Crippen LogP contribution is -2.23. The standard InChI is InChI=1S/C14H8F4N4O2/c15-8-2-1-6(14(16,17)18)3-7(8)9-4-10(23)11(12(19)24)13-20-5-21-22(9)13/h1-5H,(H2,19,24)(H,20,21). The highest BCUT2D eigenvalue weighted by Crippen LogP contribution is 2.33. The van der Waals surface area contributed by atoms with Crippen LogP contribution in [-0.2, 0) is 6.18 Å². The van der Waals surface area contributed by atoms with Crippen LogP contribution in [0.2, 0.25) is 0 Å². The fourth-order valence-electron chi connectivity index (χ4n) is 2.33. The minimum Gasteiger partial charge on any atom is -0.365 e. The number of nitrogens with one attached hydrogen (secondary N) is 1. The third-order valence-corrected chi connectivity index (χ3v) is 3.38. The van der Waals surface area contributed by atoms with Gasteiger partial charge in [-0.05, 0) is 18.2 Å². The average molecular weight is 340 g/mol. The quantitative estimate of drug-likeness (QED) is 0.698. The summed E-state index contributed by atoms with van der Waals surface area (Å²) in [4.78, 5) is 27.2. The van der Waals surface area contributed by atoms with Gasteiger partial charge in [0, 0.05) is 11.6 Å². The second-order valence-electron chi connectivity index (χ2n) is 4.87. The van der Waals surface area contributed by atoms with Gasteiger partial charge in [0.1, 0.15) is 17.7 Å². The fraction of sp³-hybridized carbons (Fsp3) is 0.0714. The lowest BCUT2D eigenvalue weighted by Gasteiger charge is -2.11. The number of fused-ring (bicyclic) bond motifs is 1. The first kappa shape index (κ1) is 15.7. The van der Waals surface area contributed by atoms with Gasteiger partial charge >= 0.3 is 6.18 Å². The maximum atomic E-state index is 14.1. The highest BCUT2D eigenvalue weighted by Gasteiger charge is 2.31. The Morgan fingerprint density at radius 1 is 1.25 bits per heavy atom. The zero-order valence-electron chi connectivity index (χ0n) is 11.7. The molecule has 3 N–H and O–H groups in total. The van der Waals surface area contributed by atoms with Gasteiger partial charge in [-0.25, -0.2) is 13.9 Å². The molecule has 0 saturated heterocycles. The van der Waals surface area contributed by atoms with Crippen molar-refractivity contribution in [3.8, 4) is 11.3 Å². The number of nitrogens with two attached hydrogens (primary N) is 1. The number of H-pyrrole nitrogens is 1. The first-order valence-electron chi connectivity index (χ1n) is 6.46. The van der Waals surface area contributed by atoms with Crippen molar-refractivity contribution in [2.75, 3.05) is 0 Å². The molecular formula is C14H8F4N4O2. The number of aromatic nitrogens is 3. The van der Waals surface area contributed by atoms with E-state index < -0.39 is 40.0 Å². The molecule has 0 atom stereocenters. The maximum Gasteiger partial charge on any atom is 0.416 e. The lowest BCUT2D eigenvalue weighted by molar-refractivity contribution is -0.137. The van der Waals surface area contributed by atoms with E-state index in [1.54, 1.807) is 0 Å². The van der Waals surface area contributed by atoms with E-state index >= 15 is 0 Å². The summed E-state index contributed by atoms with van der Waals surface area (Å²) in [5, 5.41) is 2.51. The van der Waals surface area contributed by atoms with E-state index in [2.05, 4.69) is 10.1 Å². The van der Waals surface area contributed by atoms with Crippen molar-refractivity contribution >= 4 is 11.6 Å². The van der Waals surface area contributed by atoms with Gasteiger partial charge < -0.3 is 5.73 Å². The van der Waals surface area contributed by atoms with E-state index in [0.717, 1.165) is 16.9 Å². The van der Waals surface area contributed by atoms with Crippen LogP contribution in [0, 0.1) is 5.82 Å². The summed E-state index contributed by atoms with van der Waals surface area (Å²) in [6.07, 6.45) is -3.59. The molecule has 0 spiro atoms. The molecule has 10 heteroatoms. The van der Waals surface area contributed by atoms with Gasteiger partial charge in [0.05, 0.1) is 11.3 Å². The third kappa shape index (κ3) is 2.41.